The lowest BCUT2D eigenvalue weighted by atomic mass is 9.88. The third-order valence-corrected chi connectivity index (χ3v) is 2.87. The Bertz CT molecular complexity index is 437. The van der Waals surface area contributed by atoms with Crippen molar-refractivity contribution < 1.29 is 24.2 Å². The number of rotatable bonds is 3. The van der Waals surface area contributed by atoms with E-state index in [2.05, 4.69) is 0 Å². The van der Waals surface area contributed by atoms with Gasteiger partial charge in [-0.05, 0) is 17.7 Å². The SMILES string of the molecule is COc1ccc([C@H]2COC(=O)[C@@H]2C(=O)O)cc1. The number of carboxylic acids is 1. The summed E-state index contributed by atoms with van der Waals surface area (Å²) in [5.74, 6) is -2.66. The molecule has 17 heavy (non-hydrogen) atoms. The van der Waals surface area contributed by atoms with E-state index in [9.17, 15) is 9.59 Å². The van der Waals surface area contributed by atoms with E-state index < -0.39 is 23.8 Å². The number of hydrogen-bond acceptors (Lipinski definition) is 4. The standard InChI is InChI=1S/C12H12O5/c1-16-8-4-2-7(3-5-8)9-6-17-12(15)10(9)11(13)14/h2-5,9-10H,6H2,1H3,(H,13,14)/t9-,10+/m1/s1. The minimum atomic E-state index is -1.15. The van der Waals surface area contributed by atoms with E-state index in [0.29, 0.717) is 5.75 Å². The van der Waals surface area contributed by atoms with Crippen LogP contribution in [0.4, 0.5) is 0 Å². The number of cyclic esters (lactones) is 1. The zero-order valence-electron chi connectivity index (χ0n) is 9.25. The van der Waals surface area contributed by atoms with Crippen molar-refractivity contribution in [1.82, 2.24) is 0 Å². The summed E-state index contributed by atoms with van der Waals surface area (Å²) in [6.45, 7) is 0.113. The number of aliphatic carboxylic acids is 1. The van der Waals surface area contributed by atoms with Gasteiger partial charge in [-0.25, -0.2) is 0 Å². The quantitative estimate of drug-likeness (QED) is 0.627. The van der Waals surface area contributed by atoms with Crippen molar-refractivity contribution in [2.24, 2.45) is 5.92 Å². The zero-order valence-corrected chi connectivity index (χ0v) is 9.25. The molecular weight excluding hydrogens is 224 g/mol. The van der Waals surface area contributed by atoms with E-state index in [1.54, 1.807) is 31.4 Å². The highest BCUT2D eigenvalue weighted by Gasteiger charge is 2.43. The van der Waals surface area contributed by atoms with E-state index in [1.165, 1.54) is 0 Å². The molecule has 5 nitrogen and oxygen atoms in total. The highest BCUT2D eigenvalue weighted by atomic mass is 16.5. The molecule has 0 saturated carbocycles. The Hall–Kier alpha value is -2.04. The lowest BCUT2D eigenvalue weighted by molar-refractivity contribution is -0.152. The molecule has 90 valence electrons. The lowest BCUT2D eigenvalue weighted by Crippen LogP contribution is -2.24. The summed E-state index contributed by atoms with van der Waals surface area (Å²) in [5.41, 5.74) is 0.768. The van der Waals surface area contributed by atoms with Gasteiger partial charge in [0.2, 0.25) is 0 Å². The maximum absolute atomic E-state index is 11.3. The van der Waals surface area contributed by atoms with E-state index in [-0.39, 0.29) is 6.61 Å². The molecule has 1 saturated heterocycles. The largest absolute Gasteiger partial charge is 0.497 e. The number of hydrogen-bond donors (Lipinski definition) is 1. The lowest BCUT2D eigenvalue weighted by Gasteiger charge is -2.12. The Morgan fingerprint density at radius 1 is 1.41 bits per heavy atom. The van der Waals surface area contributed by atoms with Crippen LogP contribution in [0, 0.1) is 5.92 Å². The topological polar surface area (TPSA) is 72.8 Å². The summed E-state index contributed by atoms with van der Waals surface area (Å²) in [5, 5.41) is 8.99. The Kier molecular flexibility index (Phi) is 2.99. The van der Waals surface area contributed by atoms with E-state index in [4.69, 9.17) is 14.6 Å². The molecule has 0 unspecified atom stereocenters. The molecular formula is C12H12O5. The fourth-order valence-electron chi connectivity index (χ4n) is 1.93. The second-order valence-electron chi connectivity index (χ2n) is 3.83. The summed E-state index contributed by atoms with van der Waals surface area (Å²) in [6, 6.07) is 6.97. The molecule has 1 aromatic carbocycles. The normalized spacial score (nSPS) is 23.2. The van der Waals surface area contributed by atoms with Gasteiger partial charge >= 0.3 is 11.9 Å². The van der Waals surface area contributed by atoms with E-state index in [1.807, 2.05) is 0 Å². The van der Waals surface area contributed by atoms with E-state index >= 15 is 0 Å². The number of esters is 1. The molecule has 1 heterocycles. The number of carbonyl (C=O) groups excluding carboxylic acids is 1. The van der Waals surface area contributed by atoms with Gasteiger partial charge in [0, 0.05) is 5.92 Å². The molecule has 0 aliphatic carbocycles. The fourth-order valence-corrected chi connectivity index (χ4v) is 1.93. The average Bonchev–Trinajstić information content (AvgIpc) is 2.71. The van der Waals surface area contributed by atoms with Crippen LogP contribution in [0.1, 0.15) is 11.5 Å². The minimum Gasteiger partial charge on any atom is -0.497 e. The van der Waals surface area contributed by atoms with Crippen LogP contribution >= 0.6 is 0 Å². The first-order chi connectivity index (χ1) is 8.13. The molecule has 0 spiro atoms. The van der Waals surface area contributed by atoms with Gasteiger partial charge in [0.25, 0.3) is 0 Å². The maximum atomic E-state index is 11.3. The van der Waals surface area contributed by atoms with Crippen molar-refractivity contribution in [3.63, 3.8) is 0 Å². The van der Waals surface area contributed by atoms with Gasteiger partial charge in [-0.15, -0.1) is 0 Å². The van der Waals surface area contributed by atoms with Crippen LogP contribution in [0.3, 0.4) is 0 Å². The Morgan fingerprint density at radius 3 is 2.59 bits per heavy atom. The molecule has 0 bridgehead atoms. The summed E-state index contributed by atoms with van der Waals surface area (Å²) in [4.78, 5) is 22.3. The van der Waals surface area contributed by atoms with Crippen LogP contribution in [0.15, 0.2) is 24.3 Å². The van der Waals surface area contributed by atoms with Crippen molar-refractivity contribution in [1.29, 1.82) is 0 Å². The number of carbonyl (C=O) groups is 2. The maximum Gasteiger partial charge on any atom is 0.321 e. The first kappa shape index (κ1) is 11.4. The van der Waals surface area contributed by atoms with E-state index in [0.717, 1.165) is 5.56 Å². The Labute approximate surface area is 98.0 Å². The number of carboxylic acid groups (broad SMARTS) is 1. The van der Waals surface area contributed by atoms with Crippen LogP contribution < -0.4 is 4.74 Å². The highest BCUT2D eigenvalue weighted by molar-refractivity contribution is 5.96. The first-order valence-electron chi connectivity index (χ1n) is 5.17. The summed E-state index contributed by atoms with van der Waals surface area (Å²) in [7, 11) is 1.55. The summed E-state index contributed by atoms with van der Waals surface area (Å²) < 4.78 is 9.81. The monoisotopic (exact) mass is 236 g/mol. The first-order valence-corrected chi connectivity index (χ1v) is 5.17. The third kappa shape index (κ3) is 2.08. The number of benzene rings is 1. The molecule has 5 heteroatoms. The van der Waals surface area contributed by atoms with Crippen LogP contribution in [0.5, 0.6) is 5.75 Å². The molecule has 0 radical (unpaired) electrons. The minimum absolute atomic E-state index is 0.113. The van der Waals surface area contributed by atoms with Gasteiger partial charge < -0.3 is 14.6 Å². The van der Waals surface area contributed by atoms with Gasteiger partial charge in [-0.3, -0.25) is 9.59 Å². The predicted octanol–water partition coefficient (Wildman–Crippen LogP) is 1.04. The van der Waals surface area contributed by atoms with Crippen LogP contribution in [-0.4, -0.2) is 30.8 Å². The molecule has 1 aliphatic rings. The molecule has 0 amide bonds. The molecule has 1 fully saturated rings. The smallest absolute Gasteiger partial charge is 0.321 e. The van der Waals surface area contributed by atoms with Gasteiger partial charge in [-0.2, -0.15) is 0 Å². The molecule has 2 rings (SSSR count). The summed E-state index contributed by atoms with van der Waals surface area (Å²) in [6.07, 6.45) is 0. The van der Waals surface area contributed by atoms with Crippen LogP contribution in [-0.2, 0) is 14.3 Å². The molecule has 0 aromatic heterocycles. The zero-order chi connectivity index (χ0) is 12.4. The molecule has 1 N–H and O–H groups in total. The van der Waals surface area contributed by atoms with Crippen molar-refractivity contribution >= 4 is 11.9 Å². The van der Waals surface area contributed by atoms with Gasteiger partial charge in [0.05, 0.1) is 13.7 Å². The predicted molar refractivity (Wildman–Crippen MR) is 57.8 cm³/mol. The van der Waals surface area contributed by atoms with Crippen molar-refractivity contribution in [2.45, 2.75) is 5.92 Å². The fraction of sp³-hybridized carbons (Fsp3) is 0.333. The van der Waals surface area contributed by atoms with Crippen molar-refractivity contribution in [3.8, 4) is 5.75 Å². The molecule has 2 atom stereocenters. The van der Waals surface area contributed by atoms with Gasteiger partial charge in [0.15, 0.2) is 5.92 Å². The third-order valence-electron chi connectivity index (χ3n) is 2.87. The van der Waals surface area contributed by atoms with Crippen LogP contribution in [0.25, 0.3) is 0 Å². The summed E-state index contributed by atoms with van der Waals surface area (Å²) >= 11 is 0. The Morgan fingerprint density at radius 2 is 2.06 bits per heavy atom. The van der Waals surface area contributed by atoms with Gasteiger partial charge in [-0.1, -0.05) is 12.1 Å². The Balaban J connectivity index is 2.26. The second kappa shape index (κ2) is 4.45. The highest BCUT2D eigenvalue weighted by Crippen LogP contribution is 2.32. The molecule has 1 aromatic rings. The second-order valence-corrected chi connectivity index (χ2v) is 3.83. The van der Waals surface area contributed by atoms with Crippen molar-refractivity contribution in [3.05, 3.63) is 29.8 Å². The van der Waals surface area contributed by atoms with Crippen LogP contribution in [0.2, 0.25) is 0 Å². The number of ether oxygens (including phenoxy) is 2. The van der Waals surface area contributed by atoms with Gasteiger partial charge in [0.1, 0.15) is 5.75 Å². The number of methoxy groups -OCH3 is 1. The van der Waals surface area contributed by atoms with Crippen molar-refractivity contribution in [2.75, 3.05) is 13.7 Å². The average molecular weight is 236 g/mol. The molecule has 1 aliphatic heterocycles.